The fourth-order valence-electron chi connectivity index (χ4n) is 3.57. The third-order valence-electron chi connectivity index (χ3n) is 5.02. The Kier molecular flexibility index (Phi) is 4.24. The average Bonchev–Trinajstić information content (AvgIpc) is 3.37. The Morgan fingerprint density at radius 1 is 1.18 bits per heavy atom. The van der Waals surface area contributed by atoms with Crippen LogP contribution in [0.3, 0.4) is 0 Å². The van der Waals surface area contributed by atoms with Crippen molar-refractivity contribution in [1.82, 2.24) is 24.7 Å². The van der Waals surface area contributed by atoms with Gasteiger partial charge >= 0.3 is 0 Å². The van der Waals surface area contributed by atoms with Crippen LogP contribution in [-0.4, -0.2) is 36.3 Å². The summed E-state index contributed by atoms with van der Waals surface area (Å²) in [5.74, 6) is 1.29. The maximum atomic E-state index is 13.0. The molecule has 1 N–H and O–H groups in total. The molecular weight excluding hydrogens is 370 g/mol. The number of rotatable bonds is 6. The van der Waals surface area contributed by atoms with E-state index in [-0.39, 0.29) is 5.78 Å². The molecule has 0 aliphatic heterocycles. The molecule has 3 heterocycles. The van der Waals surface area contributed by atoms with Crippen molar-refractivity contribution in [2.45, 2.75) is 31.0 Å². The van der Waals surface area contributed by atoms with Crippen molar-refractivity contribution in [3.8, 4) is 11.4 Å². The molecule has 6 nitrogen and oxygen atoms in total. The number of hydrogen-bond acceptors (Lipinski definition) is 5. The monoisotopic (exact) mass is 389 g/mol. The summed E-state index contributed by atoms with van der Waals surface area (Å²) in [5, 5.41) is 10.6. The molecule has 0 atom stereocenters. The number of thioether (sulfide) groups is 1. The van der Waals surface area contributed by atoms with Crippen molar-refractivity contribution in [2.24, 2.45) is 0 Å². The number of benzene rings is 1. The van der Waals surface area contributed by atoms with Crippen LogP contribution < -0.4 is 0 Å². The number of pyridine rings is 1. The number of nitrogens with zero attached hydrogens (tertiary/aromatic N) is 4. The number of H-pyrrole nitrogens is 1. The highest BCUT2D eigenvalue weighted by atomic mass is 32.2. The highest BCUT2D eigenvalue weighted by Crippen LogP contribution is 2.41. The molecule has 1 fully saturated rings. The van der Waals surface area contributed by atoms with Gasteiger partial charge in [0.15, 0.2) is 16.8 Å². The lowest BCUT2D eigenvalue weighted by Crippen LogP contribution is -2.06. The van der Waals surface area contributed by atoms with Crippen molar-refractivity contribution in [2.75, 3.05) is 5.75 Å². The molecule has 4 aromatic rings. The van der Waals surface area contributed by atoms with Gasteiger partial charge in [-0.05, 0) is 38.0 Å². The average molecular weight is 389 g/mol. The predicted octanol–water partition coefficient (Wildman–Crippen LogP) is 4.44. The summed E-state index contributed by atoms with van der Waals surface area (Å²) in [6.07, 6.45) is 5.77. The Morgan fingerprint density at radius 2 is 1.96 bits per heavy atom. The Bertz CT molecular complexity index is 1160. The minimum Gasteiger partial charge on any atom is -0.358 e. The number of aromatic amines is 1. The largest absolute Gasteiger partial charge is 0.358 e. The molecule has 0 radical (unpaired) electrons. The van der Waals surface area contributed by atoms with Crippen LogP contribution in [-0.2, 0) is 0 Å². The van der Waals surface area contributed by atoms with Crippen LogP contribution in [0.2, 0.25) is 0 Å². The summed E-state index contributed by atoms with van der Waals surface area (Å²) < 4.78 is 2.18. The molecule has 7 heteroatoms. The maximum absolute atomic E-state index is 13.0. The van der Waals surface area contributed by atoms with Gasteiger partial charge in [0.2, 0.25) is 0 Å². The van der Waals surface area contributed by atoms with Crippen molar-refractivity contribution < 1.29 is 4.79 Å². The van der Waals surface area contributed by atoms with Gasteiger partial charge in [0.25, 0.3) is 0 Å². The molecule has 140 valence electrons. The molecule has 0 saturated heterocycles. The quantitative estimate of drug-likeness (QED) is 0.390. The topological polar surface area (TPSA) is 76.5 Å². The Hall–Kier alpha value is -2.93. The van der Waals surface area contributed by atoms with E-state index in [1.807, 2.05) is 43.3 Å². The van der Waals surface area contributed by atoms with E-state index < -0.39 is 0 Å². The SMILES string of the molecule is Cc1[nH]c2ccccc2c1C(=O)CSc1nnc(-c2ccncc2)n1C1CC1. The van der Waals surface area contributed by atoms with E-state index in [4.69, 9.17) is 0 Å². The highest BCUT2D eigenvalue weighted by molar-refractivity contribution is 7.99. The molecule has 1 aliphatic carbocycles. The lowest BCUT2D eigenvalue weighted by atomic mass is 10.1. The van der Waals surface area contributed by atoms with Crippen LogP contribution in [0.4, 0.5) is 0 Å². The van der Waals surface area contributed by atoms with Gasteiger partial charge in [-0.1, -0.05) is 30.0 Å². The Morgan fingerprint density at radius 3 is 2.75 bits per heavy atom. The number of para-hydroxylation sites is 1. The van der Waals surface area contributed by atoms with E-state index in [0.29, 0.717) is 11.8 Å². The fourth-order valence-corrected chi connectivity index (χ4v) is 4.45. The summed E-state index contributed by atoms with van der Waals surface area (Å²) in [6.45, 7) is 1.95. The van der Waals surface area contributed by atoms with Crippen LogP contribution in [0.15, 0.2) is 53.9 Å². The second kappa shape index (κ2) is 6.91. The van der Waals surface area contributed by atoms with E-state index in [0.717, 1.165) is 51.5 Å². The number of aromatic nitrogens is 5. The molecule has 1 aromatic carbocycles. The van der Waals surface area contributed by atoms with E-state index in [1.54, 1.807) is 12.4 Å². The molecule has 0 amide bonds. The van der Waals surface area contributed by atoms with E-state index in [1.165, 1.54) is 11.8 Å². The number of Topliss-reactive ketones (excluding diaryl/α,β-unsaturated/α-hetero) is 1. The van der Waals surface area contributed by atoms with E-state index >= 15 is 0 Å². The van der Waals surface area contributed by atoms with Gasteiger partial charge in [-0.2, -0.15) is 0 Å². The van der Waals surface area contributed by atoms with Gasteiger partial charge < -0.3 is 4.98 Å². The standard InChI is InChI=1S/C21H19N5OS/c1-13-19(16-4-2-3-5-17(16)23-13)18(27)12-28-21-25-24-20(26(21)15-6-7-15)14-8-10-22-11-9-14/h2-5,8-11,15,23H,6-7,12H2,1H3. The first-order valence-corrected chi connectivity index (χ1v) is 10.3. The number of aryl methyl sites for hydroxylation is 1. The maximum Gasteiger partial charge on any atom is 0.192 e. The second-order valence-electron chi connectivity index (χ2n) is 7.03. The number of carbonyl (C=O) groups excluding carboxylic acids is 1. The zero-order chi connectivity index (χ0) is 19.1. The van der Waals surface area contributed by atoms with Crippen molar-refractivity contribution in [1.29, 1.82) is 0 Å². The minimum atomic E-state index is 0.107. The molecular formula is C21H19N5OS. The number of nitrogens with one attached hydrogen (secondary N) is 1. The van der Waals surface area contributed by atoms with Crippen LogP contribution in [0.25, 0.3) is 22.3 Å². The summed E-state index contributed by atoms with van der Waals surface area (Å²) in [6, 6.07) is 12.2. The first-order chi connectivity index (χ1) is 13.7. The zero-order valence-electron chi connectivity index (χ0n) is 15.4. The third kappa shape index (κ3) is 3.01. The van der Waals surface area contributed by atoms with Crippen molar-refractivity contribution in [3.63, 3.8) is 0 Å². The van der Waals surface area contributed by atoms with Gasteiger partial charge in [0.05, 0.1) is 5.75 Å². The van der Waals surface area contributed by atoms with E-state index in [2.05, 4.69) is 24.7 Å². The first kappa shape index (κ1) is 17.2. The fraction of sp³-hybridized carbons (Fsp3) is 0.238. The van der Waals surface area contributed by atoms with Crippen LogP contribution in [0, 0.1) is 6.92 Å². The van der Waals surface area contributed by atoms with Gasteiger partial charge in [-0.15, -0.1) is 10.2 Å². The van der Waals surface area contributed by atoms with Crippen LogP contribution >= 0.6 is 11.8 Å². The van der Waals surface area contributed by atoms with Gasteiger partial charge in [0, 0.05) is 46.2 Å². The minimum absolute atomic E-state index is 0.107. The lowest BCUT2D eigenvalue weighted by Gasteiger charge is -2.08. The lowest BCUT2D eigenvalue weighted by molar-refractivity contribution is 0.102. The normalized spacial score (nSPS) is 13.9. The third-order valence-corrected chi connectivity index (χ3v) is 5.96. The predicted molar refractivity (Wildman–Crippen MR) is 110 cm³/mol. The summed E-state index contributed by atoms with van der Waals surface area (Å²) >= 11 is 1.46. The Balaban J connectivity index is 1.42. The number of ketones is 1. The molecule has 1 aliphatic rings. The second-order valence-corrected chi connectivity index (χ2v) is 7.97. The van der Waals surface area contributed by atoms with Gasteiger partial charge in [-0.25, -0.2) is 0 Å². The van der Waals surface area contributed by atoms with Crippen LogP contribution in [0.5, 0.6) is 0 Å². The highest BCUT2D eigenvalue weighted by Gasteiger charge is 2.30. The molecule has 28 heavy (non-hydrogen) atoms. The van der Waals surface area contributed by atoms with Gasteiger partial charge in [0.1, 0.15) is 0 Å². The molecule has 0 unspecified atom stereocenters. The Labute approximate surface area is 166 Å². The number of fused-ring (bicyclic) bond motifs is 1. The number of hydrogen-bond donors (Lipinski definition) is 1. The van der Waals surface area contributed by atoms with Crippen molar-refractivity contribution in [3.05, 3.63) is 60.0 Å². The smallest absolute Gasteiger partial charge is 0.192 e. The van der Waals surface area contributed by atoms with E-state index in [9.17, 15) is 4.79 Å². The van der Waals surface area contributed by atoms with Crippen LogP contribution in [0.1, 0.15) is 34.9 Å². The first-order valence-electron chi connectivity index (χ1n) is 9.31. The molecule has 3 aromatic heterocycles. The zero-order valence-corrected chi connectivity index (χ0v) is 16.2. The molecule has 5 rings (SSSR count). The van der Waals surface area contributed by atoms with Gasteiger partial charge in [-0.3, -0.25) is 14.3 Å². The summed E-state index contributed by atoms with van der Waals surface area (Å²) in [4.78, 5) is 20.4. The molecule has 1 saturated carbocycles. The summed E-state index contributed by atoms with van der Waals surface area (Å²) in [7, 11) is 0. The molecule has 0 spiro atoms. The summed E-state index contributed by atoms with van der Waals surface area (Å²) in [5.41, 5.74) is 3.68. The van der Waals surface area contributed by atoms with Crippen molar-refractivity contribution >= 4 is 28.4 Å². The number of carbonyl (C=O) groups is 1. The molecule has 0 bridgehead atoms.